The number of ether oxygens (including phenoxy) is 1. The molecule has 1 unspecified atom stereocenters. The van der Waals surface area contributed by atoms with Gasteiger partial charge in [0.15, 0.2) is 0 Å². The smallest absolute Gasteiger partial charge is 0.339 e. The molecule has 1 aromatic carbocycles. The summed E-state index contributed by atoms with van der Waals surface area (Å²) in [4.78, 5) is 12.1. The molecule has 0 aliphatic heterocycles. The van der Waals surface area contributed by atoms with Gasteiger partial charge in [-0.25, -0.2) is 4.79 Å². The predicted molar refractivity (Wildman–Crippen MR) is 86.4 cm³/mol. The third kappa shape index (κ3) is 2.96. The third-order valence-corrected chi connectivity index (χ3v) is 4.54. The van der Waals surface area contributed by atoms with Gasteiger partial charge in [-0.15, -0.1) is 11.6 Å². The Hall–Kier alpha value is -1.23. The molecular weight excluding hydrogens is 327 g/mol. The van der Waals surface area contributed by atoms with Crippen molar-refractivity contribution in [3.05, 3.63) is 38.7 Å². The van der Waals surface area contributed by atoms with E-state index in [0.29, 0.717) is 16.4 Å². The van der Waals surface area contributed by atoms with Crippen LogP contribution >= 0.6 is 23.2 Å². The van der Waals surface area contributed by atoms with Crippen molar-refractivity contribution in [2.24, 2.45) is 0 Å². The zero-order chi connectivity index (χ0) is 15.7. The number of aliphatic hydroxyl groups is 1. The van der Waals surface area contributed by atoms with Crippen molar-refractivity contribution in [3.63, 3.8) is 0 Å². The molecule has 0 saturated heterocycles. The minimum absolute atomic E-state index is 0.0316. The highest BCUT2D eigenvalue weighted by Crippen LogP contribution is 2.34. The number of hydrogen-bond acceptors (Lipinski definition) is 4. The Morgan fingerprint density at radius 1 is 1.27 bits per heavy atom. The Labute approximate surface area is 137 Å². The molecule has 3 rings (SSSR count). The van der Waals surface area contributed by atoms with E-state index in [1.54, 1.807) is 12.1 Å². The lowest BCUT2D eigenvalue weighted by Gasteiger charge is -2.17. The zero-order valence-electron chi connectivity index (χ0n) is 11.9. The second kappa shape index (κ2) is 6.49. The number of alkyl halides is 1. The number of fused-ring (bicyclic) bond motifs is 3. The molecule has 4 nitrogen and oxygen atoms in total. The van der Waals surface area contributed by atoms with E-state index < -0.39 is 6.10 Å². The Morgan fingerprint density at radius 3 is 2.73 bits per heavy atom. The highest BCUT2D eigenvalue weighted by molar-refractivity contribution is 6.32. The van der Waals surface area contributed by atoms with Crippen molar-refractivity contribution in [2.45, 2.75) is 31.8 Å². The Balaban J connectivity index is 2.05. The summed E-state index contributed by atoms with van der Waals surface area (Å²) in [6, 6.07) is 3.38. The second-order valence-corrected chi connectivity index (χ2v) is 6.17. The van der Waals surface area contributed by atoms with E-state index in [-0.39, 0.29) is 18.1 Å². The Kier molecular flexibility index (Phi) is 4.62. The monoisotopic (exact) mass is 342 g/mol. The van der Waals surface area contributed by atoms with Crippen molar-refractivity contribution in [1.82, 2.24) is 0 Å². The van der Waals surface area contributed by atoms with Gasteiger partial charge in [0.1, 0.15) is 24.0 Å². The van der Waals surface area contributed by atoms with Crippen LogP contribution in [-0.2, 0) is 12.8 Å². The fraction of sp³-hybridized carbons (Fsp3) is 0.438. The van der Waals surface area contributed by atoms with E-state index in [1.165, 1.54) is 0 Å². The summed E-state index contributed by atoms with van der Waals surface area (Å²) in [6.07, 6.45) is 2.91. The summed E-state index contributed by atoms with van der Waals surface area (Å²) in [7, 11) is 0. The lowest BCUT2D eigenvalue weighted by Crippen LogP contribution is -2.19. The van der Waals surface area contributed by atoms with E-state index >= 15 is 0 Å². The van der Waals surface area contributed by atoms with Gasteiger partial charge in [-0.3, -0.25) is 0 Å². The van der Waals surface area contributed by atoms with Crippen LogP contribution in [0, 0.1) is 0 Å². The summed E-state index contributed by atoms with van der Waals surface area (Å²) >= 11 is 11.8. The average Bonchev–Trinajstić information content (AvgIpc) is 2.54. The van der Waals surface area contributed by atoms with Gasteiger partial charge in [0, 0.05) is 17.0 Å². The molecule has 1 aromatic heterocycles. The summed E-state index contributed by atoms with van der Waals surface area (Å²) < 4.78 is 10.9. The summed E-state index contributed by atoms with van der Waals surface area (Å²) in [5.41, 5.74) is 1.98. The van der Waals surface area contributed by atoms with Gasteiger partial charge in [0.25, 0.3) is 0 Å². The molecule has 0 spiro atoms. The van der Waals surface area contributed by atoms with Crippen molar-refractivity contribution in [2.75, 3.05) is 12.5 Å². The molecule has 1 N–H and O–H groups in total. The van der Waals surface area contributed by atoms with Gasteiger partial charge in [0.2, 0.25) is 0 Å². The van der Waals surface area contributed by atoms with Gasteiger partial charge in [-0.05, 0) is 37.3 Å². The lowest BCUT2D eigenvalue weighted by molar-refractivity contribution is 0.125. The van der Waals surface area contributed by atoms with Crippen LogP contribution in [0.5, 0.6) is 5.75 Å². The number of aliphatic hydroxyl groups excluding tert-OH is 1. The maximum atomic E-state index is 12.1. The van der Waals surface area contributed by atoms with E-state index in [2.05, 4.69) is 0 Å². The van der Waals surface area contributed by atoms with Crippen molar-refractivity contribution >= 4 is 34.2 Å². The van der Waals surface area contributed by atoms with Crippen LogP contribution in [0.4, 0.5) is 0 Å². The van der Waals surface area contributed by atoms with Crippen molar-refractivity contribution in [3.8, 4) is 5.75 Å². The molecule has 1 atom stereocenters. The molecule has 0 saturated carbocycles. The van der Waals surface area contributed by atoms with Gasteiger partial charge in [-0.2, -0.15) is 0 Å². The van der Waals surface area contributed by atoms with Gasteiger partial charge >= 0.3 is 5.63 Å². The third-order valence-electron chi connectivity index (χ3n) is 3.89. The van der Waals surface area contributed by atoms with Crippen LogP contribution in [0.15, 0.2) is 21.3 Å². The quantitative estimate of drug-likeness (QED) is 0.684. The number of benzene rings is 1. The van der Waals surface area contributed by atoms with Crippen molar-refractivity contribution < 1.29 is 14.3 Å². The first-order valence-corrected chi connectivity index (χ1v) is 8.16. The van der Waals surface area contributed by atoms with E-state index in [1.807, 2.05) is 0 Å². The van der Waals surface area contributed by atoms with Crippen molar-refractivity contribution in [1.29, 1.82) is 0 Å². The second-order valence-electron chi connectivity index (χ2n) is 5.45. The van der Waals surface area contributed by atoms with Gasteiger partial charge in [0.05, 0.1) is 10.9 Å². The maximum absolute atomic E-state index is 12.1. The minimum Gasteiger partial charge on any atom is -0.489 e. The highest BCUT2D eigenvalue weighted by Gasteiger charge is 2.19. The molecule has 6 heteroatoms. The molecule has 0 fully saturated rings. The summed E-state index contributed by atoms with van der Waals surface area (Å²) in [5.74, 6) is 0.450. The van der Waals surface area contributed by atoms with Crippen LogP contribution in [0.3, 0.4) is 0 Å². The van der Waals surface area contributed by atoms with E-state index in [4.69, 9.17) is 32.4 Å². The molecule has 0 radical (unpaired) electrons. The molecule has 2 aromatic rings. The normalized spacial score (nSPS) is 15.6. The number of aryl methyl sites for hydroxylation is 1. The summed E-state index contributed by atoms with van der Waals surface area (Å²) in [6.45, 7) is 0.0316. The summed E-state index contributed by atoms with van der Waals surface area (Å²) in [5, 5.41) is 10.7. The number of rotatable bonds is 4. The molecule has 1 aliphatic carbocycles. The first kappa shape index (κ1) is 15.7. The van der Waals surface area contributed by atoms with E-state index in [9.17, 15) is 9.90 Å². The minimum atomic E-state index is -0.774. The van der Waals surface area contributed by atoms with Gasteiger partial charge < -0.3 is 14.3 Å². The van der Waals surface area contributed by atoms with Crippen LogP contribution in [0.2, 0.25) is 5.02 Å². The predicted octanol–water partition coefficient (Wildman–Crippen LogP) is 3.30. The lowest BCUT2D eigenvalue weighted by atomic mass is 9.91. The van der Waals surface area contributed by atoms with Crippen LogP contribution in [0.1, 0.15) is 24.0 Å². The SMILES string of the molecule is O=c1oc2cc(OCC(O)CCl)c(Cl)cc2c2c1CCCC2. The first-order chi connectivity index (χ1) is 10.6. The maximum Gasteiger partial charge on any atom is 0.339 e. The van der Waals surface area contributed by atoms with Gasteiger partial charge in [-0.1, -0.05) is 11.6 Å². The molecule has 22 heavy (non-hydrogen) atoms. The number of halogens is 2. The average molecular weight is 343 g/mol. The highest BCUT2D eigenvalue weighted by atomic mass is 35.5. The standard InChI is InChI=1S/C16H16Cl2O4/c17-7-9(19)8-21-15-6-14-12(5-13(15)18)10-3-1-2-4-11(10)16(20)22-14/h5-6,9,19H,1-4,7-8H2. The Morgan fingerprint density at radius 2 is 2.00 bits per heavy atom. The molecular formula is C16H16Cl2O4. The molecule has 118 valence electrons. The van der Waals surface area contributed by atoms with Crippen LogP contribution < -0.4 is 10.4 Å². The molecule has 1 heterocycles. The van der Waals surface area contributed by atoms with Crippen LogP contribution in [0.25, 0.3) is 11.0 Å². The first-order valence-electron chi connectivity index (χ1n) is 7.25. The molecule has 0 amide bonds. The molecule has 0 bridgehead atoms. The topological polar surface area (TPSA) is 59.7 Å². The zero-order valence-corrected chi connectivity index (χ0v) is 13.4. The largest absolute Gasteiger partial charge is 0.489 e. The molecule has 1 aliphatic rings. The van der Waals surface area contributed by atoms with Crippen LogP contribution in [-0.4, -0.2) is 23.7 Å². The fourth-order valence-electron chi connectivity index (χ4n) is 2.79. The fourth-order valence-corrected chi connectivity index (χ4v) is 3.09. The Bertz CT molecular complexity index is 754. The van der Waals surface area contributed by atoms with E-state index in [0.717, 1.165) is 42.2 Å². The number of hydrogen-bond donors (Lipinski definition) is 1.